The molecule has 2 aliphatic rings. The molecule has 2 saturated heterocycles. The zero-order chi connectivity index (χ0) is 13.0. The summed E-state index contributed by atoms with van der Waals surface area (Å²) < 4.78 is 5.38. The maximum Gasteiger partial charge on any atom is 0.224 e. The predicted molar refractivity (Wildman–Crippen MR) is 70.5 cm³/mol. The van der Waals surface area contributed by atoms with Gasteiger partial charge in [-0.2, -0.15) is 0 Å². The molecule has 0 bridgehead atoms. The Morgan fingerprint density at radius 3 is 2.67 bits per heavy atom. The number of nitrogens with one attached hydrogen (secondary N) is 1. The molecule has 2 rings (SSSR count). The molecule has 0 aromatic carbocycles. The molecule has 2 heterocycles. The average Bonchev–Trinajstić information content (AvgIpc) is 2.40. The Hall–Kier alpha value is -0.650. The Kier molecular flexibility index (Phi) is 4.97. The fraction of sp³-hybridized carbons (Fsp3) is 0.923. The lowest BCUT2D eigenvalue weighted by atomic mass is 10.0. The largest absolute Gasteiger partial charge is 0.378 e. The van der Waals surface area contributed by atoms with Crippen LogP contribution in [0.2, 0.25) is 0 Å². The van der Waals surface area contributed by atoms with E-state index in [1.807, 2.05) is 4.90 Å². The number of piperidine rings is 1. The van der Waals surface area contributed by atoms with E-state index in [2.05, 4.69) is 24.3 Å². The first-order valence-electron chi connectivity index (χ1n) is 6.92. The Labute approximate surface area is 109 Å². The smallest absolute Gasteiger partial charge is 0.224 e. The topological polar surface area (TPSA) is 44.8 Å². The van der Waals surface area contributed by atoms with Crippen molar-refractivity contribution in [2.45, 2.75) is 31.3 Å². The summed E-state index contributed by atoms with van der Waals surface area (Å²) in [5.41, 5.74) is 0. The maximum atomic E-state index is 12.2. The van der Waals surface area contributed by atoms with Crippen LogP contribution >= 0.6 is 0 Å². The van der Waals surface area contributed by atoms with E-state index in [4.69, 9.17) is 4.74 Å². The monoisotopic (exact) mass is 255 g/mol. The fourth-order valence-corrected chi connectivity index (χ4v) is 2.72. The molecular formula is C13H25N3O2. The molecule has 0 aromatic heterocycles. The molecule has 18 heavy (non-hydrogen) atoms. The van der Waals surface area contributed by atoms with Crippen LogP contribution < -0.4 is 5.32 Å². The zero-order valence-corrected chi connectivity index (χ0v) is 11.5. The summed E-state index contributed by atoms with van der Waals surface area (Å²) in [5, 5.41) is 3.34. The van der Waals surface area contributed by atoms with E-state index in [9.17, 15) is 4.79 Å². The Balaban J connectivity index is 1.73. The van der Waals surface area contributed by atoms with Crippen molar-refractivity contribution in [3.8, 4) is 0 Å². The minimum absolute atomic E-state index is 0.206. The van der Waals surface area contributed by atoms with Gasteiger partial charge in [0.25, 0.3) is 0 Å². The van der Waals surface area contributed by atoms with E-state index in [1.165, 1.54) is 0 Å². The molecule has 1 atom stereocenters. The molecule has 0 saturated carbocycles. The van der Waals surface area contributed by atoms with Crippen molar-refractivity contribution in [3.05, 3.63) is 0 Å². The Morgan fingerprint density at radius 2 is 2.11 bits per heavy atom. The molecule has 5 nitrogen and oxygen atoms in total. The van der Waals surface area contributed by atoms with Crippen LogP contribution in [0.25, 0.3) is 0 Å². The van der Waals surface area contributed by atoms with Gasteiger partial charge in [0.2, 0.25) is 5.91 Å². The van der Waals surface area contributed by atoms with Crippen LogP contribution in [0.15, 0.2) is 0 Å². The lowest BCUT2D eigenvalue weighted by Crippen LogP contribution is -2.48. The highest BCUT2D eigenvalue weighted by Crippen LogP contribution is 2.15. The van der Waals surface area contributed by atoms with Gasteiger partial charge in [0, 0.05) is 38.1 Å². The third kappa shape index (κ3) is 3.67. The van der Waals surface area contributed by atoms with Crippen LogP contribution in [-0.4, -0.2) is 74.7 Å². The fourth-order valence-electron chi connectivity index (χ4n) is 2.72. The van der Waals surface area contributed by atoms with Crippen LogP contribution in [-0.2, 0) is 9.53 Å². The molecular weight excluding hydrogens is 230 g/mol. The van der Waals surface area contributed by atoms with Gasteiger partial charge in [-0.25, -0.2) is 0 Å². The second-order valence-corrected chi connectivity index (χ2v) is 5.51. The summed E-state index contributed by atoms with van der Waals surface area (Å²) >= 11 is 0. The number of likely N-dealkylation sites (tertiary alicyclic amines) is 1. The highest BCUT2D eigenvalue weighted by Gasteiger charge is 2.26. The molecule has 2 fully saturated rings. The quantitative estimate of drug-likeness (QED) is 0.766. The molecule has 0 radical (unpaired) electrons. The Morgan fingerprint density at radius 1 is 1.39 bits per heavy atom. The first kappa shape index (κ1) is 13.8. The SMILES string of the molecule is CN(C)C1CCN(C(=O)CC2COCCN2)CC1. The van der Waals surface area contributed by atoms with Gasteiger partial charge in [-0.05, 0) is 26.9 Å². The van der Waals surface area contributed by atoms with E-state index < -0.39 is 0 Å². The standard InChI is InChI=1S/C13H25N3O2/c1-15(2)12-3-6-16(7-4-12)13(17)9-11-10-18-8-5-14-11/h11-12,14H,3-10H2,1-2H3. The predicted octanol–water partition coefficient (Wildman–Crippen LogP) is -0.0825. The van der Waals surface area contributed by atoms with Crippen molar-refractivity contribution in [1.82, 2.24) is 15.1 Å². The van der Waals surface area contributed by atoms with E-state index in [0.29, 0.717) is 19.1 Å². The van der Waals surface area contributed by atoms with Crippen molar-refractivity contribution in [3.63, 3.8) is 0 Å². The number of carbonyl (C=O) groups excluding carboxylic acids is 1. The first-order valence-corrected chi connectivity index (χ1v) is 6.92. The molecule has 0 aromatic rings. The lowest BCUT2D eigenvalue weighted by molar-refractivity contribution is -0.133. The third-order valence-corrected chi connectivity index (χ3v) is 3.97. The number of rotatable bonds is 3. The van der Waals surface area contributed by atoms with E-state index in [-0.39, 0.29) is 11.9 Å². The molecule has 0 spiro atoms. The minimum Gasteiger partial charge on any atom is -0.378 e. The van der Waals surface area contributed by atoms with Gasteiger partial charge >= 0.3 is 0 Å². The van der Waals surface area contributed by atoms with Gasteiger partial charge in [-0.1, -0.05) is 0 Å². The molecule has 1 amide bonds. The lowest BCUT2D eigenvalue weighted by Gasteiger charge is -2.36. The molecule has 0 aliphatic carbocycles. The van der Waals surface area contributed by atoms with Crippen molar-refractivity contribution in [2.75, 3.05) is 46.9 Å². The second kappa shape index (κ2) is 6.50. The maximum absolute atomic E-state index is 12.2. The van der Waals surface area contributed by atoms with Crippen molar-refractivity contribution in [1.29, 1.82) is 0 Å². The number of morpholine rings is 1. The molecule has 5 heteroatoms. The van der Waals surface area contributed by atoms with Crippen molar-refractivity contribution in [2.24, 2.45) is 0 Å². The van der Waals surface area contributed by atoms with Crippen LogP contribution in [0.5, 0.6) is 0 Å². The van der Waals surface area contributed by atoms with E-state index in [1.54, 1.807) is 0 Å². The highest BCUT2D eigenvalue weighted by molar-refractivity contribution is 5.77. The third-order valence-electron chi connectivity index (χ3n) is 3.97. The van der Waals surface area contributed by atoms with Crippen molar-refractivity contribution < 1.29 is 9.53 Å². The van der Waals surface area contributed by atoms with Crippen molar-refractivity contribution >= 4 is 5.91 Å². The number of carbonyl (C=O) groups is 1. The van der Waals surface area contributed by atoms with Crippen LogP contribution in [0, 0.1) is 0 Å². The van der Waals surface area contributed by atoms with Gasteiger partial charge in [-0.3, -0.25) is 4.79 Å². The van der Waals surface area contributed by atoms with Gasteiger partial charge in [-0.15, -0.1) is 0 Å². The molecule has 104 valence electrons. The Bertz CT molecular complexity index is 269. The molecule has 1 N–H and O–H groups in total. The summed E-state index contributed by atoms with van der Waals surface area (Å²) in [4.78, 5) is 16.4. The summed E-state index contributed by atoms with van der Waals surface area (Å²) in [6, 6.07) is 0.836. The second-order valence-electron chi connectivity index (χ2n) is 5.51. The molecule has 1 unspecified atom stereocenters. The minimum atomic E-state index is 0.206. The number of nitrogens with zero attached hydrogens (tertiary/aromatic N) is 2. The van der Waals surface area contributed by atoms with E-state index >= 15 is 0 Å². The van der Waals surface area contributed by atoms with Crippen LogP contribution in [0.1, 0.15) is 19.3 Å². The summed E-state index contributed by atoms with van der Waals surface area (Å²) in [7, 11) is 4.23. The summed E-state index contributed by atoms with van der Waals surface area (Å²) in [6.07, 6.45) is 2.76. The average molecular weight is 255 g/mol. The van der Waals surface area contributed by atoms with Gasteiger partial charge in [0.1, 0.15) is 0 Å². The number of amides is 1. The first-order chi connectivity index (χ1) is 8.66. The van der Waals surface area contributed by atoms with Crippen LogP contribution in [0.3, 0.4) is 0 Å². The van der Waals surface area contributed by atoms with Gasteiger partial charge in [0.15, 0.2) is 0 Å². The van der Waals surface area contributed by atoms with Crippen LogP contribution in [0.4, 0.5) is 0 Å². The number of ether oxygens (including phenoxy) is 1. The normalized spacial score (nSPS) is 26.6. The van der Waals surface area contributed by atoms with Gasteiger partial charge in [0.05, 0.1) is 13.2 Å². The summed E-state index contributed by atoms with van der Waals surface area (Å²) in [6.45, 7) is 4.09. The molecule has 2 aliphatic heterocycles. The highest BCUT2D eigenvalue weighted by atomic mass is 16.5. The number of hydrogen-bond donors (Lipinski definition) is 1. The van der Waals surface area contributed by atoms with Gasteiger partial charge < -0.3 is 19.9 Å². The number of hydrogen-bond acceptors (Lipinski definition) is 4. The summed E-state index contributed by atoms with van der Waals surface area (Å²) in [5.74, 6) is 0.273. The zero-order valence-electron chi connectivity index (χ0n) is 11.5. The van der Waals surface area contributed by atoms with E-state index in [0.717, 1.165) is 39.1 Å².